The van der Waals surface area contributed by atoms with E-state index in [2.05, 4.69) is 5.16 Å². The molecule has 1 aliphatic heterocycles. The first-order valence-corrected chi connectivity index (χ1v) is 9.20. The topological polar surface area (TPSA) is 80.5 Å². The molecule has 2 heterocycles. The van der Waals surface area contributed by atoms with Crippen LogP contribution in [0.1, 0.15) is 18.5 Å². The van der Waals surface area contributed by atoms with Gasteiger partial charge in [0.2, 0.25) is 5.91 Å². The molecule has 6 nitrogen and oxygen atoms in total. The van der Waals surface area contributed by atoms with Gasteiger partial charge < -0.3 is 9.42 Å². The van der Waals surface area contributed by atoms with Crippen molar-refractivity contribution in [1.82, 2.24) is 10.1 Å². The molecular formula is C15H18N2O4S. The van der Waals surface area contributed by atoms with Crippen molar-refractivity contribution < 1.29 is 17.7 Å². The van der Waals surface area contributed by atoms with Crippen molar-refractivity contribution >= 4 is 26.7 Å². The van der Waals surface area contributed by atoms with E-state index in [4.69, 9.17) is 4.52 Å². The van der Waals surface area contributed by atoms with Crippen molar-refractivity contribution in [2.45, 2.75) is 24.5 Å². The fraction of sp³-hybridized carbons (Fsp3) is 0.467. The quantitative estimate of drug-likeness (QED) is 0.853. The first-order valence-electron chi connectivity index (χ1n) is 7.25. The third kappa shape index (κ3) is 2.99. The summed E-state index contributed by atoms with van der Waals surface area (Å²) in [5, 5.41) is 4.49. The van der Waals surface area contributed by atoms with Crippen molar-refractivity contribution in [1.29, 1.82) is 0 Å². The van der Waals surface area contributed by atoms with Crippen LogP contribution in [0, 0.1) is 0 Å². The number of fused-ring (bicyclic) bond motifs is 1. The van der Waals surface area contributed by atoms with E-state index in [9.17, 15) is 13.2 Å². The minimum atomic E-state index is -3.02. The fourth-order valence-corrected chi connectivity index (χ4v) is 3.92. The third-order valence-electron chi connectivity index (χ3n) is 4.17. The van der Waals surface area contributed by atoms with Gasteiger partial charge in [0.25, 0.3) is 0 Å². The molecule has 22 heavy (non-hydrogen) atoms. The zero-order valence-corrected chi connectivity index (χ0v) is 13.2. The Balaban J connectivity index is 1.66. The van der Waals surface area contributed by atoms with Crippen LogP contribution in [0.2, 0.25) is 0 Å². The maximum Gasteiger partial charge on any atom is 0.228 e. The zero-order valence-electron chi connectivity index (χ0n) is 12.4. The fourth-order valence-electron chi connectivity index (χ4n) is 2.85. The van der Waals surface area contributed by atoms with E-state index < -0.39 is 9.84 Å². The van der Waals surface area contributed by atoms with Crippen molar-refractivity contribution in [2.24, 2.45) is 0 Å². The van der Waals surface area contributed by atoms with Crippen LogP contribution in [0.4, 0.5) is 0 Å². The van der Waals surface area contributed by atoms with E-state index in [-0.39, 0.29) is 17.6 Å². The summed E-state index contributed by atoms with van der Waals surface area (Å²) in [6.45, 7) is 0.957. The van der Waals surface area contributed by atoms with E-state index in [1.807, 2.05) is 24.3 Å². The molecule has 0 aliphatic carbocycles. The van der Waals surface area contributed by atoms with Crippen LogP contribution in [0.3, 0.4) is 0 Å². The Labute approximate surface area is 129 Å². The molecule has 1 aromatic carbocycles. The second-order valence-electron chi connectivity index (χ2n) is 5.71. The number of nitrogens with zero attached hydrogens (tertiary/aromatic N) is 2. The van der Waals surface area contributed by atoms with E-state index in [1.54, 1.807) is 4.90 Å². The first-order chi connectivity index (χ1) is 10.4. The number of hydrogen-bond donors (Lipinski definition) is 0. The summed E-state index contributed by atoms with van der Waals surface area (Å²) < 4.78 is 28.3. The predicted octanol–water partition coefficient (Wildman–Crippen LogP) is 1.41. The number of aromatic nitrogens is 1. The molecule has 2 aromatic rings. The molecule has 0 bridgehead atoms. The van der Waals surface area contributed by atoms with Crippen molar-refractivity contribution in [3.63, 3.8) is 0 Å². The Morgan fingerprint density at radius 2 is 2.00 bits per heavy atom. The Morgan fingerprint density at radius 1 is 1.32 bits per heavy atom. The lowest BCUT2D eigenvalue weighted by atomic mass is 10.1. The molecule has 0 N–H and O–H groups in total. The van der Waals surface area contributed by atoms with E-state index >= 15 is 0 Å². The van der Waals surface area contributed by atoms with E-state index in [0.29, 0.717) is 37.2 Å². The molecule has 1 amide bonds. The monoisotopic (exact) mass is 322 g/mol. The van der Waals surface area contributed by atoms with Crippen molar-refractivity contribution in [3.05, 3.63) is 30.0 Å². The Hall–Kier alpha value is -1.89. The van der Waals surface area contributed by atoms with Gasteiger partial charge in [0.15, 0.2) is 5.58 Å². The summed E-state index contributed by atoms with van der Waals surface area (Å²) in [7, 11) is -3.02. The second-order valence-corrected chi connectivity index (χ2v) is 8.04. The molecule has 7 heteroatoms. The number of carbonyl (C=O) groups excluding carboxylic acids is 1. The van der Waals surface area contributed by atoms with Gasteiger partial charge in [-0.25, -0.2) is 8.42 Å². The van der Waals surface area contributed by atoms with Crippen LogP contribution in [0.25, 0.3) is 11.0 Å². The number of piperidine rings is 1. The molecule has 0 unspecified atom stereocenters. The van der Waals surface area contributed by atoms with Crippen molar-refractivity contribution in [3.8, 4) is 0 Å². The molecule has 0 atom stereocenters. The minimum Gasteiger partial charge on any atom is -0.356 e. The molecule has 0 spiro atoms. The van der Waals surface area contributed by atoms with Gasteiger partial charge in [-0.1, -0.05) is 17.3 Å². The minimum absolute atomic E-state index is 0.0361. The standard InChI is InChI=1S/C15H18N2O4S/c1-22(19,20)11-6-8-17(9-7-11)15(18)10-13-12-4-2-3-5-14(12)21-16-13/h2-5,11H,6-10H2,1H3. The smallest absolute Gasteiger partial charge is 0.228 e. The number of rotatable bonds is 3. The van der Waals surface area contributed by atoms with Crippen LogP contribution in [0.15, 0.2) is 28.8 Å². The average molecular weight is 322 g/mol. The van der Waals surface area contributed by atoms with Gasteiger partial charge in [-0.2, -0.15) is 0 Å². The second kappa shape index (κ2) is 5.72. The highest BCUT2D eigenvalue weighted by Gasteiger charge is 2.29. The number of para-hydroxylation sites is 1. The van der Waals surface area contributed by atoms with Gasteiger partial charge in [-0.3, -0.25) is 4.79 Å². The van der Waals surface area contributed by atoms with Gasteiger partial charge in [-0.05, 0) is 25.0 Å². The summed E-state index contributed by atoms with van der Waals surface area (Å²) in [5.74, 6) is -0.0361. The maximum absolute atomic E-state index is 12.4. The highest BCUT2D eigenvalue weighted by molar-refractivity contribution is 7.91. The molecule has 1 fully saturated rings. The number of amides is 1. The molecule has 1 saturated heterocycles. The summed E-state index contributed by atoms with van der Waals surface area (Å²) in [6.07, 6.45) is 2.45. The molecular weight excluding hydrogens is 304 g/mol. The van der Waals surface area contributed by atoms with Gasteiger partial charge in [-0.15, -0.1) is 0 Å². The summed E-state index contributed by atoms with van der Waals surface area (Å²) in [5.41, 5.74) is 1.30. The Morgan fingerprint density at radius 3 is 2.68 bits per heavy atom. The lowest BCUT2D eigenvalue weighted by Crippen LogP contribution is -2.42. The molecule has 1 aromatic heterocycles. The predicted molar refractivity (Wildman–Crippen MR) is 82.2 cm³/mol. The van der Waals surface area contributed by atoms with Gasteiger partial charge >= 0.3 is 0 Å². The largest absolute Gasteiger partial charge is 0.356 e. The van der Waals surface area contributed by atoms with Gasteiger partial charge in [0, 0.05) is 24.7 Å². The molecule has 3 rings (SSSR count). The lowest BCUT2D eigenvalue weighted by molar-refractivity contribution is -0.131. The average Bonchev–Trinajstić information content (AvgIpc) is 2.90. The van der Waals surface area contributed by atoms with Crippen LogP contribution in [-0.2, 0) is 21.1 Å². The molecule has 118 valence electrons. The van der Waals surface area contributed by atoms with Gasteiger partial charge in [0.1, 0.15) is 15.5 Å². The maximum atomic E-state index is 12.4. The highest BCUT2D eigenvalue weighted by atomic mass is 32.2. The normalized spacial score (nSPS) is 17.0. The first kappa shape index (κ1) is 15.0. The van der Waals surface area contributed by atoms with Crippen LogP contribution in [0.5, 0.6) is 0 Å². The third-order valence-corrected chi connectivity index (χ3v) is 5.85. The number of likely N-dealkylation sites (tertiary alicyclic amines) is 1. The van der Waals surface area contributed by atoms with Crippen LogP contribution < -0.4 is 0 Å². The molecule has 0 radical (unpaired) electrons. The zero-order chi connectivity index (χ0) is 15.7. The Kier molecular flexibility index (Phi) is 3.90. The van der Waals surface area contributed by atoms with Crippen LogP contribution in [-0.4, -0.2) is 49.0 Å². The number of benzene rings is 1. The molecule has 0 saturated carbocycles. The number of carbonyl (C=O) groups is 1. The summed E-state index contributed by atoms with van der Waals surface area (Å²) in [4.78, 5) is 14.1. The summed E-state index contributed by atoms with van der Waals surface area (Å²) in [6, 6.07) is 7.43. The number of hydrogen-bond acceptors (Lipinski definition) is 5. The highest BCUT2D eigenvalue weighted by Crippen LogP contribution is 2.21. The lowest BCUT2D eigenvalue weighted by Gasteiger charge is -2.31. The Bertz CT molecular complexity index is 789. The van der Waals surface area contributed by atoms with Crippen LogP contribution >= 0.6 is 0 Å². The molecule has 1 aliphatic rings. The van der Waals surface area contributed by atoms with Crippen molar-refractivity contribution in [2.75, 3.05) is 19.3 Å². The number of sulfone groups is 1. The summed E-state index contributed by atoms with van der Waals surface area (Å²) >= 11 is 0. The van der Waals surface area contributed by atoms with E-state index in [1.165, 1.54) is 6.26 Å². The van der Waals surface area contributed by atoms with E-state index in [0.717, 1.165) is 5.39 Å². The SMILES string of the molecule is CS(=O)(=O)C1CCN(C(=O)Cc2noc3ccccc23)CC1. The van der Waals surface area contributed by atoms with Gasteiger partial charge in [0.05, 0.1) is 11.7 Å².